The van der Waals surface area contributed by atoms with Crippen LogP contribution in [0, 0.1) is 0 Å². The summed E-state index contributed by atoms with van der Waals surface area (Å²) in [6, 6.07) is 0. The molecular formula is C60H119N2+. The number of hydrogen-bond acceptors (Lipinski definition) is 0. The predicted octanol–water partition coefficient (Wildman–Crippen LogP) is 21.3. The Bertz CT molecular complexity index is 893. The van der Waals surface area contributed by atoms with E-state index >= 15 is 0 Å². The summed E-state index contributed by atoms with van der Waals surface area (Å²) < 4.78 is 5.34. The molecule has 1 aromatic rings. The Balaban J connectivity index is 2.23. The van der Waals surface area contributed by atoms with Gasteiger partial charge in [-0.1, -0.05) is 316 Å². The number of nitrogens with zero attached hydrogens (tertiary/aromatic N) is 2. The van der Waals surface area contributed by atoms with Crippen molar-refractivity contribution in [2.75, 3.05) is 0 Å². The maximum atomic E-state index is 2.67. The van der Waals surface area contributed by atoms with Gasteiger partial charge in [0.2, 0.25) is 0 Å². The highest BCUT2D eigenvalue weighted by Gasteiger charge is 2.16. The molecule has 0 aliphatic heterocycles. The van der Waals surface area contributed by atoms with Gasteiger partial charge in [0.25, 0.3) is 5.82 Å². The molecule has 1 heterocycles. The lowest BCUT2D eigenvalue weighted by Gasteiger charge is -2.07. The van der Waals surface area contributed by atoms with Crippen LogP contribution in [0.2, 0.25) is 0 Å². The summed E-state index contributed by atoms with van der Waals surface area (Å²) in [6.45, 7) is 9.43. The van der Waals surface area contributed by atoms with E-state index in [0.717, 1.165) is 0 Å². The number of aryl methyl sites for hydroxylation is 2. The smallest absolute Gasteiger partial charge is 0.234 e. The Morgan fingerprint density at radius 1 is 0.274 bits per heavy atom. The highest BCUT2D eigenvalue weighted by Crippen LogP contribution is 2.18. The lowest BCUT2D eigenvalue weighted by molar-refractivity contribution is -0.704. The summed E-state index contributed by atoms with van der Waals surface area (Å²) in [5.41, 5.74) is 0. The lowest BCUT2D eigenvalue weighted by atomic mass is 10.0. The summed E-state index contributed by atoms with van der Waals surface area (Å²) >= 11 is 0. The van der Waals surface area contributed by atoms with Gasteiger partial charge in [0.05, 0.1) is 13.1 Å². The van der Waals surface area contributed by atoms with Crippen molar-refractivity contribution in [1.82, 2.24) is 4.57 Å². The van der Waals surface area contributed by atoms with Gasteiger partial charge in [0.15, 0.2) is 0 Å². The zero-order chi connectivity index (χ0) is 44.3. The van der Waals surface area contributed by atoms with E-state index in [1.165, 1.54) is 347 Å². The van der Waals surface area contributed by atoms with Gasteiger partial charge in [-0.15, -0.1) is 0 Å². The molecular weight excluding hydrogens is 749 g/mol. The van der Waals surface area contributed by atoms with Crippen LogP contribution in [0.15, 0.2) is 12.4 Å². The van der Waals surface area contributed by atoms with E-state index in [0.29, 0.717) is 0 Å². The van der Waals surface area contributed by atoms with E-state index in [4.69, 9.17) is 0 Å². The van der Waals surface area contributed by atoms with Crippen LogP contribution in [-0.2, 0) is 19.5 Å². The summed E-state index contributed by atoms with van der Waals surface area (Å²) in [5.74, 6) is 1.64. The summed E-state index contributed by atoms with van der Waals surface area (Å²) in [5, 5.41) is 0. The van der Waals surface area contributed by atoms with Crippen LogP contribution in [0.5, 0.6) is 0 Å². The first-order chi connectivity index (χ1) is 30.8. The Morgan fingerprint density at radius 2 is 0.500 bits per heavy atom. The monoisotopic (exact) mass is 868 g/mol. The molecule has 0 aliphatic rings. The number of aromatic nitrogens is 2. The van der Waals surface area contributed by atoms with Crippen molar-refractivity contribution in [1.29, 1.82) is 0 Å². The third-order valence-electron chi connectivity index (χ3n) is 14.6. The fourth-order valence-corrected chi connectivity index (χ4v) is 10.2. The quantitative estimate of drug-likeness (QED) is 0.0456. The molecule has 0 fully saturated rings. The molecule has 0 N–H and O–H groups in total. The van der Waals surface area contributed by atoms with Crippen molar-refractivity contribution in [3.05, 3.63) is 18.2 Å². The van der Waals surface area contributed by atoms with Crippen molar-refractivity contribution in [2.45, 2.75) is 368 Å². The second-order valence-corrected chi connectivity index (χ2v) is 20.8. The molecule has 1 rings (SSSR count). The summed E-state index contributed by atoms with van der Waals surface area (Å²) in [7, 11) is 0. The maximum absolute atomic E-state index is 2.67. The van der Waals surface area contributed by atoms with Crippen LogP contribution in [-0.4, -0.2) is 4.57 Å². The first-order valence-corrected chi connectivity index (χ1v) is 29.9. The van der Waals surface area contributed by atoms with Crippen molar-refractivity contribution < 1.29 is 4.57 Å². The summed E-state index contributed by atoms with van der Waals surface area (Å²) in [4.78, 5) is 0. The molecule has 0 saturated carbocycles. The Hall–Kier alpha value is -0.790. The minimum absolute atomic E-state index is 1.24. The largest absolute Gasteiger partial charge is 0.256 e. The van der Waals surface area contributed by atoms with Gasteiger partial charge in [-0.2, -0.15) is 0 Å². The van der Waals surface area contributed by atoms with Gasteiger partial charge >= 0.3 is 0 Å². The molecule has 2 nitrogen and oxygen atoms in total. The SMILES string of the molecule is CCCCCCCCCCCCCCCCCCCc1n(CCCCCCCCCCCCCCCCCCC)cc[n+]1CCCCCCCCCCCCCCCCCCC. The van der Waals surface area contributed by atoms with E-state index in [1.54, 1.807) is 5.82 Å². The van der Waals surface area contributed by atoms with E-state index in [-0.39, 0.29) is 0 Å². The lowest BCUT2D eigenvalue weighted by Crippen LogP contribution is -2.37. The maximum Gasteiger partial charge on any atom is 0.256 e. The molecule has 0 aliphatic carbocycles. The fourth-order valence-electron chi connectivity index (χ4n) is 10.2. The van der Waals surface area contributed by atoms with Crippen LogP contribution in [0.3, 0.4) is 0 Å². The first kappa shape index (κ1) is 59.2. The van der Waals surface area contributed by atoms with Gasteiger partial charge in [0.1, 0.15) is 12.4 Å². The predicted molar refractivity (Wildman–Crippen MR) is 281 cm³/mol. The average molecular weight is 869 g/mol. The molecule has 0 saturated heterocycles. The molecule has 0 bridgehead atoms. The molecule has 0 radical (unpaired) electrons. The first-order valence-electron chi connectivity index (χ1n) is 29.9. The highest BCUT2D eigenvalue weighted by atomic mass is 15.1. The second-order valence-electron chi connectivity index (χ2n) is 20.8. The molecule has 0 unspecified atom stereocenters. The van der Waals surface area contributed by atoms with Gasteiger partial charge in [-0.25, -0.2) is 9.13 Å². The van der Waals surface area contributed by atoms with Crippen LogP contribution >= 0.6 is 0 Å². The van der Waals surface area contributed by atoms with Crippen LogP contribution in [0.25, 0.3) is 0 Å². The minimum Gasteiger partial charge on any atom is -0.234 e. The number of hydrogen-bond donors (Lipinski definition) is 0. The van der Waals surface area contributed by atoms with E-state index in [9.17, 15) is 0 Å². The molecule has 62 heavy (non-hydrogen) atoms. The normalized spacial score (nSPS) is 11.7. The average Bonchev–Trinajstić information content (AvgIpc) is 3.67. The fraction of sp³-hybridized carbons (Fsp3) is 0.950. The third-order valence-corrected chi connectivity index (χ3v) is 14.6. The van der Waals surface area contributed by atoms with Crippen LogP contribution < -0.4 is 4.57 Å². The minimum atomic E-state index is 1.24. The standard InChI is InChI=1S/C60H119N2/c1-4-7-10-13-16-19-22-25-28-31-34-37-40-43-46-49-52-55-60-61(56-53-50-47-44-41-38-35-32-29-26-23-20-17-14-11-8-5-2)58-59-62(60)57-54-51-48-45-42-39-36-33-30-27-24-21-18-15-12-9-6-3/h58-59H,4-57H2,1-3H3/q+1. The van der Waals surface area contributed by atoms with Crippen LogP contribution in [0.1, 0.15) is 354 Å². The number of imidazole rings is 1. The van der Waals surface area contributed by atoms with E-state index < -0.39 is 0 Å². The zero-order valence-electron chi connectivity index (χ0n) is 43.7. The molecule has 2 heteroatoms. The van der Waals surface area contributed by atoms with Crippen molar-refractivity contribution in [3.8, 4) is 0 Å². The molecule has 1 aromatic heterocycles. The molecule has 368 valence electrons. The number of unbranched alkanes of at least 4 members (excludes halogenated alkanes) is 48. The topological polar surface area (TPSA) is 8.81 Å². The van der Waals surface area contributed by atoms with Crippen molar-refractivity contribution in [3.63, 3.8) is 0 Å². The molecule has 0 atom stereocenters. The molecule has 0 spiro atoms. The summed E-state index contributed by atoms with van der Waals surface area (Å²) in [6.07, 6.45) is 80.3. The van der Waals surface area contributed by atoms with E-state index in [2.05, 4.69) is 42.3 Å². The number of rotatable bonds is 54. The van der Waals surface area contributed by atoms with Gasteiger partial charge in [-0.05, 0) is 32.1 Å². The van der Waals surface area contributed by atoms with Crippen LogP contribution in [0.4, 0.5) is 0 Å². The third kappa shape index (κ3) is 41.9. The van der Waals surface area contributed by atoms with Gasteiger partial charge in [0, 0.05) is 6.42 Å². The molecule has 0 amide bonds. The zero-order valence-corrected chi connectivity index (χ0v) is 43.7. The highest BCUT2D eigenvalue weighted by molar-refractivity contribution is 4.84. The second kappa shape index (κ2) is 51.2. The van der Waals surface area contributed by atoms with Gasteiger partial charge in [-0.3, -0.25) is 0 Å². The Labute approximate surface area is 393 Å². The van der Waals surface area contributed by atoms with Crippen molar-refractivity contribution >= 4 is 0 Å². The Morgan fingerprint density at radius 3 is 0.774 bits per heavy atom. The van der Waals surface area contributed by atoms with Gasteiger partial charge < -0.3 is 0 Å². The van der Waals surface area contributed by atoms with Crippen molar-refractivity contribution in [2.24, 2.45) is 0 Å². The molecule has 0 aromatic carbocycles. The van der Waals surface area contributed by atoms with E-state index in [1.807, 2.05) is 0 Å². The Kier molecular flexibility index (Phi) is 48.9.